The lowest BCUT2D eigenvalue weighted by molar-refractivity contribution is 0.669. The number of fused-ring (bicyclic) bond motifs is 1. The van der Waals surface area contributed by atoms with E-state index in [1.165, 1.54) is 11.1 Å². The van der Waals surface area contributed by atoms with E-state index in [2.05, 4.69) is 25.1 Å². The minimum absolute atomic E-state index is 0.452. The van der Waals surface area contributed by atoms with Gasteiger partial charge in [0.25, 0.3) is 0 Å². The molecule has 0 saturated carbocycles. The molecule has 0 fully saturated rings. The quantitative estimate of drug-likeness (QED) is 0.648. The predicted molar refractivity (Wildman–Crippen MR) is 57.7 cm³/mol. The Kier molecular flexibility index (Phi) is 2.14. The van der Waals surface area contributed by atoms with Crippen molar-refractivity contribution >= 4 is 6.08 Å². The molecule has 13 heavy (non-hydrogen) atoms. The van der Waals surface area contributed by atoms with E-state index in [1.807, 2.05) is 18.2 Å². The molecule has 0 N–H and O–H groups in total. The predicted octanol–water partition coefficient (Wildman–Crippen LogP) is 3.99. The summed E-state index contributed by atoms with van der Waals surface area (Å²) in [4.78, 5) is 0. The van der Waals surface area contributed by atoms with Gasteiger partial charge in [-0.3, -0.25) is 0 Å². The third-order valence-corrected chi connectivity index (χ3v) is 2.57. The molecule has 2 rings (SSSR count). The second kappa shape index (κ2) is 3.78. The molecule has 1 unspecified atom stereocenters. The molecule has 0 saturated heterocycles. The van der Waals surface area contributed by atoms with Gasteiger partial charge in [0.05, 0.1) is 0 Å². The van der Waals surface area contributed by atoms with E-state index in [0.29, 0.717) is 0 Å². The maximum Gasteiger partial charge on any atom is 0.0396 e. The van der Waals surface area contributed by atoms with Gasteiger partial charge in [0, 0.05) is 7.26 Å². The third kappa shape index (κ3) is 1.67. The van der Waals surface area contributed by atoms with Crippen molar-refractivity contribution in [2.24, 2.45) is 0 Å². The molecule has 0 heterocycles. The van der Waals surface area contributed by atoms with Gasteiger partial charge in [-0.1, -0.05) is 56.2 Å². The highest BCUT2D eigenvalue weighted by Crippen LogP contribution is 2.33. The number of unbranched alkanes of at least 4 members (excludes halogenated alkanes) is 1. The number of benzene rings is 1. The maximum atomic E-state index is 8.38. The van der Waals surface area contributed by atoms with Crippen LogP contribution in [0.4, 0.5) is 0 Å². The van der Waals surface area contributed by atoms with Gasteiger partial charge in [0.1, 0.15) is 0 Å². The smallest absolute Gasteiger partial charge is 0.0396 e. The van der Waals surface area contributed by atoms with Crippen molar-refractivity contribution in [3.63, 3.8) is 0 Å². The fourth-order valence-electron chi connectivity index (χ4n) is 1.80. The van der Waals surface area contributed by atoms with Crippen LogP contribution in [0.15, 0.2) is 30.3 Å². The van der Waals surface area contributed by atoms with Crippen LogP contribution in [-0.2, 0) is 0 Å². The maximum absolute atomic E-state index is 8.38. The fraction of sp³-hybridized carbons (Fsp3) is 0.385. The second-order valence-electron chi connectivity index (χ2n) is 3.55. The summed E-state index contributed by atoms with van der Waals surface area (Å²) >= 11 is 0. The van der Waals surface area contributed by atoms with E-state index in [-0.39, 0.29) is 0 Å². The molecule has 0 radical (unpaired) electrons. The molecule has 68 valence electrons. The summed E-state index contributed by atoms with van der Waals surface area (Å²) in [5.41, 5.74) is 2.40. The molecular weight excluding hydrogens is 156 g/mol. The molecule has 0 nitrogen and oxygen atoms in total. The van der Waals surface area contributed by atoms with Gasteiger partial charge < -0.3 is 0 Å². The van der Waals surface area contributed by atoms with E-state index in [9.17, 15) is 0 Å². The molecule has 0 amide bonds. The van der Waals surface area contributed by atoms with Crippen molar-refractivity contribution in [3.05, 3.63) is 41.5 Å². The first-order valence-corrected chi connectivity index (χ1v) is 5.05. The molecule has 1 aliphatic carbocycles. The second-order valence-corrected chi connectivity index (χ2v) is 3.55. The Morgan fingerprint density at radius 3 is 3.08 bits per heavy atom. The zero-order chi connectivity index (χ0) is 10.0. The summed E-state index contributed by atoms with van der Waals surface area (Å²) in [7, 11) is 0. The van der Waals surface area contributed by atoms with Gasteiger partial charge in [0.15, 0.2) is 0 Å². The van der Waals surface area contributed by atoms with Gasteiger partial charge in [-0.05, 0) is 17.5 Å². The Morgan fingerprint density at radius 2 is 2.23 bits per heavy atom. The van der Waals surface area contributed by atoms with Crippen molar-refractivity contribution in [3.8, 4) is 0 Å². The zero-order valence-corrected chi connectivity index (χ0v) is 8.09. The fourth-order valence-corrected chi connectivity index (χ4v) is 1.80. The Bertz CT molecular complexity index is 354. The SMILES string of the molecule is [2H]C1(CCCC)C=Cc2ccccc21. The monoisotopic (exact) mass is 173 g/mol. The Labute approximate surface area is 81.7 Å². The average Bonchev–Trinajstić information content (AvgIpc) is 2.55. The topological polar surface area (TPSA) is 0 Å². The van der Waals surface area contributed by atoms with Crippen molar-refractivity contribution < 1.29 is 1.37 Å². The van der Waals surface area contributed by atoms with E-state index >= 15 is 0 Å². The van der Waals surface area contributed by atoms with Crippen LogP contribution < -0.4 is 0 Å². The Hall–Kier alpha value is -1.04. The number of hydrogen-bond acceptors (Lipinski definition) is 0. The summed E-state index contributed by atoms with van der Waals surface area (Å²) in [6.07, 6.45) is 7.35. The van der Waals surface area contributed by atoms with Gasteiger partial charge in [0.2, 0.25) is 0 Å². The molecule has 1 aliphatic rings. The first-order valence-electron chi connectivity index (χ1n) is 5.55. The largest absolute Gasteiger partial charge is 0.0764 e. The van der Waals surface area contributed by atoms with Gasteiger partial charge >= 0.3 is 0 Å². The van der Waals surface area contributed by atoms with E-state index in [4.69, 9.17) is 1.37 Å². The van der Waals surface area contributed by atoms with Crippen LogP contribution in [0.25, 0.3) is 6.08 Å². The molecule has 0 spiro atoms. The molecule has 0 heteroatoms. The normalized spacial score (nSPS) is 25.8. The van der Waals surface area contributed by atoms with Gasteiger partial charge in [-0.25, -0.2) is 0 Å². The van der Waals surface area contributed by atoms with E-state index < -0.39 is 5.89 Å². The first-order chi connectivity index (χ1) is 6.76. The van der Waals surface area contributed by atoms with Crippen LogP contribution in [0.3, 0.4) is 0 Å². The summed E-state index contributed by atoms with van der Waals surface area (Å²) in [6.45, 7) is 2.17. The molecular formula is C13H16. The van der Waals surface area contributed by atoms with Crippen LogP contribution in [0.5, 0.6) is 0 Å². The number of hydrogen-bond donors (Lipinski definition) is 0. The van der Waals surface area contributed by atoms with Crippen LogP contribution in [0.2, 0.25) is 0 Å². The molecule has 1 aromatic carbocycles. The third-order valence-electron chi connectivity index (χ3n) is 2.57. The van der Waals surface area contributed by atoms with Crippen molar-refractivity contribution in [2.75, 3.05) is 0 Å². The van der Waals surface area contributed by atoms with Gasteiger partial charge in [-0.2, -0.15) is 0 Å². The summed E-state index contributed by atoms with van der Waals surface area (Å²) < 4.78 is 8.38. The van der Waals surface area contributed by atoms with Crippen molar-refractivity contribution in [1.82, 2.24) is 0 Å². The average molecular weight is 173 g/mol. The van der Waals surface area contributed by atoms with Gasteiger partial charge in [-0.15, -0.1) is 0 Å². The molecule has 1 aromatic rings. The molecule has 0 aliphatic heterocycles. The highest BCUT2D eigenvalue weighted by Gasteiger charge is 2.14. The first kappa shape index (κ1) is 7.37. The summed E-state index contributed by atoms with van der Waals surface area (Å²) in [6, 6.07) is 8.24. The Balaban J connectivity index is 2.28. The minimum Gasteiger partial charge on any atom is -0.0764 e. The number of allylic oxidation sites excluding steroid dienone is 1. The lowest BCUT2D eigenvalue weighted by atomic mass is 9.96. The van der Waals surface area contributed by atoms with Crippen molar-refractivity contribution in [2.45, 2.75) is 32.1 Å². The molecule has 0 aromatic heterocycles. The number of rotatable bonds is 3. The summed E-state index contributed by atoms with van der Waals surface area (Å²) in [5, 5.41) is 0. The Morgan fingerprint density at radius 1 is 1.38 bits per heavy atom. The lowest BCUT2D eigenvalue weighted by Crippen LogP contribution is -1.92. The lowest BCUT2D eigenvalue weighted by Gasteiger charge is -2.09. The van der Waals surface area contributed by atoms with Crippen LogP contribution in [0, 0.1) is 0 Å². The van der Waals surface area contributed by atoms with Crippen molar-refractivity contribution in [1.29, 1.82) is 0 Å². The highest BCUT2D eigenvalue weighted by molar-refractivity contribution is 5.62. The minimum atomic E-state index is -0.452. The van der Waals surface area contributed by atoms with Crippen LogP contribution in [-0.4, -0.2) is 0 Å². The molecule has 0 bridgehead atoms. The van der Waals surface area contributed by atoms with E-state index in [1.54, 1.807) is 0 Å². The summed E-state index contributed by atoms with van der Waals surface area (Å²) in [5.74, 6) is -0.452. The highest BCUT2D eigenvalue weighted by atomic mass is 14.2. The zero-order valence-electron chi connectivity index (χ0n) is 9.09. The van der Waals surface area contributed by atoms with E-state index in [0.717, 1.165) is 19.3 Å². The molecule has 1 atom stereocenters. The van der Waals surface area contributed by atoms with Crippen LogP contribution in [0.1, 0.15) is 44.6 Å². The van der Waals surface area contributed by atoms with Crippen LogP contribution >= 0.6 is 0 Å². The standard InChI is InChI=1S/C13H16/c1-2-3-6-11-9-10-12-7-4-5-8-13(11)12/h4-5,7-11H,2-3,6H2,1H3/i11D.